The molecule has 0 radical (unpaired) electrons. The summed E-state index contributed by atoms with van der Waals surface area (Å²) in [5, 5.41) is 0. The molecule has 0 atom stereocenters. The van der Waals surface area contributed by atoms with Crippen molar-refractivity contribution in [3.8, 4) is 0 Å². The highest BCUT2D eigenvalue weighted by molar-refractivity contribution is 5.93. The molecule has 0 aliphatic rings. The highest BCUT2D eigenvalue weighted by Gasteiger charge is 2.21. The molecule has 0 saturated heterocycles. The van der Waals surface area contributed by atoms with Crippen molar-refractivity contribution in [1.82, 2.24) is 14.9 Å². The molecule has 0 fully saturated rings. The molecular formula is C19H18FN3O2. The molecule has 0 bridgehead atoms. The predicted molar refractivity (Wildman–Crippen MR) is 90.3 cm³/mol. The molecule has 0 spiro atoms. The van der Waals surface area contributed by atoms with Gasteiger partial charge in [-0.1, -0.05) is 18.2 Å². The van der Waals surface area contributed by atoms with Crippen molar-refractivity contribution in [3.05, 3.63) is 83.6 Å². The maximum atomic E-state index is 13.0. The number of benzene rings is 1. The zero-order chi connectivity index (χ0) is 17.6. The summed E-state index contributed by atoms with van der Waals surface area (Å²) < 4.78 is 18.2. The Morgan fingerprint density at radius 1 is 1.20 bits per heavy atom. The lowest BCUT2D eigenvalue weighted by Gasteiger charge is -2.22. The van der Waals surface area contributed by atoms with E-state index in [0.29, 0.717) is 31.0 Å². The minimum absolute atomic E-state index is 0.197. The summed E-state index contributed by atoms with van der Waals surface area (Å²) in [6.45, 7) is 2.61. The van der Waals surface area contributed by atoms with E-state index in [0.717, 1.165) is 11.1 Å². The number of amides is 1. The zero-order valence-corrected chi connectivity index (χ0v) is 13.9. The van der Waals surface area contributed by atoms with Crippen molar-refractivity contribution < 1.29 is 13.6 Å². The monoisotopic (exact) mass is 339 g/mol. The summed E-state index contributed by atoms with van der Waals surface area (Å²) in [6.07, 6.45) is 5.30. The number of hydrogen-bond acceptors (Lipinski definition) is 4. The van der Waals surface area contributed by atoms with E-state index in [4.69, 9.17) is 4.42 Å². The Morgan fingerprint density at radius 3 is 2.64 bits per heavy atom. The first-order valence-electron chi connectivity index (χ1n) is 7.96. The maximum Gasteiger partial charge on any atom is 0.276 e. The Labute approximate surface area is 145 Å². The van der Waals surface area contributed by atoms with Gasteiger partial charge < -0.3 is 9.32 Å². The molecule has 0 saturated carbocycles. The molecule has 128 valence electrons. The lowest BCUT2D eigenvalue weighted by Crippen LogP contribution is -2.33. The number of hydrogen-bond donors (Lipinski definition) is 0. The van der Waals surface area contributed by atoms with Crippen molar-refractivity contribution in [2.75, 3.05) is 6.54 Å². The quantitative estimate of drug-likeness (QED) is 0.690. The third kappa shape index (κ3) is 4.29. The molecule has 25 heavy (non-hydrogen) atoms. The molecule has 0 aliphatic heterocycles. The van der Waals surface area contributed by atoms with E-state index in [1.807, 2.05) is 12.1 Å². The third-order valence-corrected chi connectivity index (χ3v) is 3.91. The minimum Gasteiger partial charge on any atom is -0.448 e. The highest BCUT2D eigenvalue weighted by atomic mass is 19.1. The Kier molecular flexibility index (Phi) is 5.18. The van der Waals surface area contributed by atoms with Crippen LogP contribution in [0.2, 0.25) is 0 Å². The van der Waals surface area contributed by atoms with Crippen molar-refractivity contribution in [3.63, 3.8) is 0 Å². The Morgan fingerprint density at radius 2 is 2.00 bits per heavy atom. The van der Waals surface area contributed by atoms with Gasteiger partial charge in [-0.25, -0.2) is 9.37 Å². The van der Waals surface area contributed by atoms with Gasteiger partial charge in [-0.2, -0.15) is 0 Å². The summed E-state index contributed by atoms with van der Waals surface area (Å²) in [5.74, 6) is 0.0189. The van der Waals surface area contributed by atoms with Crippen LogP contribution in [0.3, 0.4) is 0 Å². The van der Waals surface area contributed by atoms with Crippen molar-refractivity contribution in [2.24, 2.45) is 0 Å². The molecule has 3 rings (SSSR count). The molecule has 6 heteroatoms. The van der Waals surface area contributed by atoms with E-state index in [1.165, 1.54) is 18.5 Å². The summed E-state index contributed by atoms with van der Waals surface area (Å²) in [7, 11) is 0. The molecule has 1 aromatic carbocycles. The summed E-state index contributed by atoms with van der Waals surface area (Å²) in [6, 6.07) is 10.0. The van der Waals surface area contributed by atoms with Crippen molar-refractivity contribution >= 4 is 5.91 Å². The fourth-order valence-electron chi connectivity index (χ4n) is 2.54. The van der Waals surface area contributed by atoms with Gasteiger partial charge in [-0.3, -0.25) is 9.78 Å². The normalized spacial score (nSPS) is 10.6. The topological polar surface area (TPSA) is 59.2 Å². The minimum atomic E-state index is -0.273. The van der Waals surface area contributed by atoms with Crippen LogP contribution in [0.15, 0.2) is 59.6 Å². The van der Waals surface area contributed by atoms with Crippen LogP contribution in [-0.2, 0) is 13.0 Å². The zero-order valence-electron chi connectivity index (χ0n) is 13.9. The Balaban J connectivity index is 1.77. The molecular weight excluding hydrogens is 321 g/mol. The van der Waals surface area contributed by atoms with Gasteiger partial charge in [0.05, 0.1) is 0 Å². The number of oxazole rings is 1. The van der Waals surface area contributed by atoms with Crippen molar-refractivity contribution in [2.45, 2.75) is 19.9 Å². The average molecular weight is 339 g/mol. The van der Waals surface area contributed by atoms with Crippen LogP contribution in [0.4, 0.5) is 4.39 Å². The standard InChI is InChI=1S/C19H18FN3O2/c1-14-18(22-13-25-14)19(24)23(12-16-3-2-9-21-11-16)10-8-15-4-6-17(20)7-5-15/h2-7,9,11,13H,8,10,12H2,1H3. The van der Waals surface area contributed by atoms with Gasteiger partial charge in [-0.15, -0.1) is 0 Å². The second-order valence-electron chi connectivity index (χ2n) is 5.72. The average Bonchev–Trinajstić information content (AvgIpc) is 3.06. The van der Waals surface area contributed by atoms with Gasteiger partial charge in [0.25, 0.3) is 5.91 Å². The number of rotatable bonds is 6. The molecule has 0 aliphatic carbocycles. The van der Waals surface area contributed by atoms with E-state index in [2.05, 4.69) is 9.97 Å². The largest absolute Gasteiger partial charge is 0.448 e. The lowest BCUT2D eigenvalue weighted by molar-refractivity contribution is 0.0738. The van der Waals surface area contributed by atoms with Gasteiger partial charge >= 0.3 is 0 Å². The van der Waals surface area contributed by atoms with Gasteiger partial charge in [0.15, 0.2) is 12.1 Å². The first-order chi connectivity index (χ1) is 12.1. The number of halogens is 1. The van der Waals surface area contributed by atoms with E-state index < -0.39 is 0 Å². The number of aryl methyl sites for hydroxylation is 1. The summed E-state index contributed by atoms with van der Waals surface area (Å²) >= 11 is 0. The Hall–Kier alpha value is -3.02. The van der Waals surface area contributed by atoms with Crippen LogP contribution in [0, 0.1) is 12.7 Å². The number of pyridine rings is 1. The smallest absolute Gasteiger partial charge is 0.276 e. The van der Waals surface area contributed by atoms with Gasteiger partial charge in [0.1, 0.15) is 11.6 Å². The second kappa shape index (κ2) is 7.70. The van der Waals surface area contributed by atoms with Gasteiger partial charge in [0, 0.05) is 25.5 Å². The van der Waals surface area contributed by atoms with Crippen LogP contribution in [-0.4, -0.2) is 27.3 Å². The summed E-state index contributed by atoms with van der Waals surface area (Å²) in [4.78, 5) is 22.6. The first-order valence-corrected chi connectivity index (χ1v) is 7.96. The predicted octanol–water partition coefficient (Wildman–Crippen LogP) is 3.40. The summed E-state index contributed by atoms with van der Waals surface area (Å²) in [5.41, 5.74) is 2.20. The lowest BCUT2D eigenvalue weighted by atomic mass is 10.1. The van der Waals surface area contributed by atoms with Crippen molar-refractivity contribution in [1.29, 1.82) is 0 Å². The van der Waals surface area contributed by atoms with E-state index >= 15 is 0 Å². The van der Waals surface area contributed by atoms with Gasteiger partial charge in [0.2, 0.25) is 0 Å². The second-order valence-corrected chi connectivity index (χ2v) is 5.72. The molecule has 0 unspecified atom stereocenters. The molecule has 5 nitrogen and oxygen atoms in total. The van der Waals surface area contributed by atoms with Crippen LogP contribution in [0.25, 0.3) is 0 Å². The number of carbonyl (C=O) groups excluding carboxylic acids is 1. The highest BCUT2D eigenvalue weighted by Crippen LogP contribution is 2.13. The number of carbonyl (C=O) groups is 1. The van der Waals surface area contributed by atoms with Gasteiger partial charge in [-0.05, 0) is 42.7 Å². The van der Waals surface area contributed by atoms with Crippen LogP contribution < -0.4 is 0 Å². The van der Waals surface area contributed by atoms with Crippen LogP contribution >= 0.6 is 0 Å². The molecule has 1 amide bonds. The fraction of sp³-hybridized carbons (Fsp3) is 0.211. The van der Waals surface area contributed by atoms with Crippen LogP contribution in [0.5, 0.6) is 0 Å². The van der Waals surface area contributed by atoms with E-state index in [-0.39, 0.29) is 11.7 Å². The maximum absolute atomic E-state index is 13.0. The SMILES string of the molecule is Cc1ocnc1C(=O)N(CCc1ccc(F)cc1)Cc1cccnc1. The third-order valence-electron chi connectivity index (χ3n) is 3.91. The molecule has 2 heterocycles. The fourth-order valence-corrected chi connectivity index (χ4v) is 2.54. The van der Waals surface area contributed by atoms with Crippen LogP contribution in [0.1, 0.15) is 27.4 Å². The number of nitrogens with zero attached hydrogens (tertiary/aromatic N) is 3. The Bertz CT molecular complexity index is 831. The first kappa shape index (κ1) is 16.8. The van der Waals surface area contributed by atoms with E-state index in [1.54, 1.807) is 36.4 Å². The molecule has 0 N–H and O–H groups in total. The molecule has 3 aromatic rings. The molecule has 2 aromatic heterocycles. The number of aromatic nitrogens is 2. The van der Waals surface area contributed by atoms with E-state index in [9.17, 15) is 9.18 Å².